The number of aromatic nitrogens is 2. The van der Waals surface area contributed by atoms with Crippen molar-refractivity contribution in [2.45, 2.75) is 11.4 Å². The van der Waals surface area contributed by atoms with Gasteiger partial charge in [-0.1, -0.05) is 17.7 Å². The average molecular weight is 481 g/mol. The maximum atomic E-state index is 14.2. The molecule has 0 atom stereocenters. The largest absolute Gasteiger partial charge is 0.353 e. The fourth-order valence-corrected chi connectivity index (χ4v) is 4.74. The SMILES string of the molecule is CNCc1cn(S(=O)(=O)c2cccnc2)c2cc(Nc3ccc(Cl)cc3F)ccc12.Cl. The summed E-state index contributed by atoms with van der Waals surface area (Å²) in [6, 6.07) is 12.6. The van der Waals surface area contributed by atoms with Gasteiger partial charge in [0.15, 0.2) is 0 Å². The monoisotopic (exact) mass is 480 g/mol. The Morgan fingerprint density at radius 2 is 1.97 bits per heavy atom. The van der Waals surface area contributed by atoms with Gasteiger partial charge >= 0.3 is 0 Å². The lowest BCUT2D eigenvalue weighted by atomic mass is 10.1. The summed E-state index contributed by atoms with van der Waals surface area (Å²) in [5, 5.41) is 7.10. The number of fused-ring (bicyclic) bond motifs is 1. The molecule has 0 amide bonds. The lowest BCUT2D eigenvalue weighted by molar-refractivity contribution is 0.588. The van der Waals surface area contributed by atoms with Crippen LogP contribution in [-0.2, 0) is 16.6 Å². The zero-order chi connectivity index (χ0) is 21.3. The van der Waals surface area contributed by atoms with Gasteiger partial charge < -0.3 is 10.6 Å². The van der Waals surface area contributed by atoms with E-state index in [1.807, 2.05) is 6.07 Å². The first kappa shape index (κ1) is 23.0. The van der Waals surface area contributed by atoms with Gasteiger partial charge in [-0.3, -0.25) is 4.98 Å². The Labute approximate surface area is 190 Å². The van der Waals surface area contributed by atoms with Gasteiger partial charge in [0.1, 0.15) is 10.7 Å². The third-order valence-corrected chi connectivity index (χ3v) is 6.52. The number of nitrogens with zero attached hydrogens (tertiary/aromatic N) is 2. The molecular weight excluding hydrogens is 462 g/mol. The van der Waals surface area contributed by atoms with Crippen LogP contribution in [0, 0.1) is 5.82 Å². The summed E-state index contributed by atoms with van der Waals surface area (Å²) in [6.45, 7) is 0.491. The molecule has 0 saturated heterocycles. The van der Waals surface area contributed by atoms with Gasteiger partial charge in [0.2, 0.25) is 0 Å². The second-order valence-electron chi connectivity index (χ2n) is 6.66. The molecule has 4 rings (SSSR count). The van der Waals surface area contributed by atoms with Gasteiger partial charge in [-0.25, -0.2) is 16.8 Å². The van der Waals surface area contributed by atoms with Crippen LogP contribution in [0.3, 0.4) is 0 Å². The molecule has 0 spiro atoms. The standard InChI is InChI=1S/C21H18ClFN4O2S.ClH/c1-24-11-14-13-27(30(28,29)17-3-2-8-25-12-17)21-10-16(5-6-18(14)21)26-20-7-4-15(22)9-19(20)23;/h2-10,12-13,24,26H,11H2,1H3;1H. The minimum Gasteiger partial charge on any atom is -0.353 e. The van der Waals surface area contributed by atoms with E-state index in [1.54, 1.807) is 37.5 Å². The van der Waals surface area contributed by atoms with Crippen LogP contribution in [0.5, 0.6) is 0 Å². The molecule has 10 heteroatoms. The molecule has 6 nitrogen and oxygen atoms in total. The van der Waals surface area contributed by atoms with Crippen LogP contribution in [0.1, 0.15) is 5.56 Å². The molecule has 0 unspecified atom stereocenters. The highest BCUT2D eigenvalue weighted by Crippen LogP contribution is 2.30. The highest BCUT2D eigenvalue weighted by atomic mass is 35.5. The molecule has 0 aliphatic rings. The number of rotatable bonds is 6. The normalized spacial score (nSPS) is 11.3. The van der Waals surface area contributed by atoms with Gasteiger partial charge in [0.25, 0.3) is 10.0 Å². The van der Waals surface area contributed by atoms with Crippen molar-refractivity contribution in [3.63, 3.8) is 0 Å². The molecule has 0 aliphatic carbocycles. The van der Waals surface area contributed by atoms with Crippen molar-refractivity contribution in [3.05, 3.63) is 83.5 Å². The van der Waals surface area contributed by atoms with E-state index in [-0.39, 0.29) is 23.0 Å². The quantitative estimate of drug-likeness (QED) is 0.408. The van der Waals surface area contributed by atoms with Gasteiger partial charge in [-0.2, -0.15) is 0 Å². The number of benzene rings is 2. The van der Waals surface area contributed by atoms with Gasteiger partial charge in [-0.05, 0) is 55.1 Å². The van der Waals surface area contributed by atoms with Crippen LogP contribution in [0.25, 0.3) is 10.9 Å². The molecule has 2 N–H and O–H groups in total. The molecule has 2 aromatic carbocycles. The Hall–Kier alpha value is -2.65. The Balaban J connectivity index is 0.00000272. The van der Waals surface area contributed by atoms with Crippen molar-refractivity contribution < 1.29 is 12.8 Å². The van der Waals surface area contributed by atoms with Crippen molar-refractivity contribution in [3.8, 4) is 0 Å². The highest BCUT2D eigenvalue weighted by Gasteiger charge is 2.21. The molecule has 0 aliphatic heterocycles. The van der Waals surface area contributed by atoms with Gasteiger partial charge in [0.05, 0.1) is 11.2 Å². The second kappa shape index (κ2) is 9.23. The summed E-state index contributed by atoms with van der Waals surface area (Å²) >= 11 is 5.81. The molecule has 2 heterocycles. The van der Waals surface area contributed by atoms with E-state index in [0.29, 0.717) is 22.8 Å². The van der Waals surface area contributed by atoms with E-state index < -0.39 is 15.8 Å². The number of pyridine rings is 1. The molecular formula is C21H19Cl2FN4O2S. The van der Waals surface area contributed by atoms with E-state index >= 15 is 0 Å². The van der Waals surface area contributed by atoms with E-state index in [1.165, 1.54) is 34.6 Å². The van der Waals surface area contributed by atoms with E-state index in [0.717, 1.165) is 10.9 Å². The third kappa shape index (κ3) is 4.52. The molecule has 0 fully saturated rings. The van der Waals surface area contributed by atoms with Crippen LogP contribution in [0.4, 0.5) is 15.8 Å². The first-order valence-corrected chi connectivity index (χ1v) is 10.9. The molecule has 4 aromatic rings. The molecule has 2 aromatic heterocycles. The fourth-order valence-electron chi connectivity index (χ4n) is 3.23. The Morgan fingerprint density at radius 1 is 1.16 bits per heavy atom. The van der Waals surface area contributed by atoms with Gasteiger partial charge in [0, 0.05) is 41.2 Å². The average Bonchev–Trinajstić information content (AvgIpc) is 3.10. The van der Waals surface area contributed by atoms with Crippen molar-refractivity contribution >= 4 is 56.3 Å². The Kier molecular flexibility index (Phi) is 6.86. The number of hydrogen-bond donors (Lipinski definition) is 2. The van der Waals surface area contributed by atoms with Crippen molar-refractivity contribution in [1.82, 2.24) is 14.3 Å². The number of nitrogens with one attached hydrogen (secondary N) is 2. The van der Waals surface area contributed by atoms with E-state index in [4.69, 9.17) is 11.6 Å². The highest BCUT2D eigenvalue weighted by molar-refractivity contribution is 7.90. The molecule has 0 saturated carbocycles. The zero-order valence-corrected chi connectivity index (χ0v) is 18.7. The lowest BCUT2D eigenvalue weighted by Crippen LogP contribution is -2.12. The Morgan fingerprint density at radius 3 is 2.65 bits per heavy atom. The fraction of sp³-hybridized carbons (Fsp3) is 0.0952. The van der Waals surface area contributed by atoms with Gasteiger partial charge in [-0.15, -0.1) is 12.4 Å². The number of hydrogen-bond acceptors (Lipinski definition) is 5. The predicted molar refractivity (Wildman–Crippen MR) is 123 cm³/mol. The topological polar surface area (TPSA) is 76.0 Å². The summed E-state index contributed by atoms with van der Waals surface area (Å²) < 4.78 is 41.9. The van der Waals surface area contributed by atoms with Crippen molar-refractivity contribution in [1.29, 1.82) is 0 Å². The maximum absolute atomic E-state index is 14.2. The van der Waals surface area contributed by atoms with Crippen LogP contribution < -0.4 is 10.6 Å². The first-order chi connectivity index (χ1) is 14.4. The molecule has 0 radical (unpaired) electrons. The van der Waals surface area contributed by atoms with Crippen molar-refractivity contribution in [2.75, 3.05) is 12.4 Å². The summed E-state index contributed by atoms with van der Waals surface area (Å²) in [7, 11) is -2.07. The second-order valence-corrected chi connectivity index (χ2v) is 8.91. The van der Waals surface area contributed by atoms with Crippen LogP contribution in [0.15, 0.2) is 72.0 Å². The summed E-state index contributed by atoms with van der Waals surface area (Å²) in [4.78, 5) is 4.00. The molecule has 0 bridgehead atoms. The number of halogens is 3. The zero-order valence-electron chi connectivity index (χ0n) is 16.3. The predicted octanol–water partition coefficient (Wildman–Crippen LogP) is 4.95. The van der Waals surface area contributed by atoms with Crippen LogP contribution in [-0.4, -0.2) is 24.4 Å². The van der Waals surface area contributed by atoms with E-state index in [2.05, 4.69) is 15.6 Å². The number of anilines is 2. The van der Waals surface area contributed by atoms with Crippen LogP contribution in [0.2, 0.25) is 5.02 Å². The smallest absolute Gasteiger partial charge is 0.269 e. The summed E-state index contributed by atoms with van der Waals surface area (Å²) in [5.41, 5.74) is 2.08. The van der Waals surface area contributed by atoms with Crippen molar-refractivity contribution in [2.24, 2.45) is 0 Å². The lowest BCUT2D eigenvalue weighted by Gasteiger charge is -2.10. The summed E-state index contributed by atoms with van der Waals surface area (Å²) in [6.07, 6.45) is 4.42. The first-order valence-electron chi connectivity index (χ1n) is 9.06. The minimum absolute atomic E-state index is 0. The Bertz CT molecular complexity index is 1330. The summed E-state index contributed by atoms with van der Waals surface area (Å²) in [5.74, 6) is -0.503. The molecule has 162 valence electrons. The maximum Gasteiger partial charge on any atom is 0.269 e. The molecule has 31 heavy (non-hydrogen) atoms. The van der Waals surface area contributed by atoms with E-state index in [9.17, 15) is 12.8 Å². The minimum atomic E-state index is -3.86. The third-order valence-electron chi connectivity index (χ3n) is 4.62. The van der Waals surface area contributed by atoms with Crippen LogP contribution >= 0.6 is 24.0 Å².